The van der Waals surface area contributed by atoms with Crippen molar-refractivity contribution in [2.45, 2.75) is 11.8 Å². The van der Waals surface area contributed by atoms with Gasteiger partial charge in [0, 0.05) is 24.8 Å². The molecular formula is C17H19N3O4S. The molecule has 3 rings (SSSR count). The maximum atomic E-state index is 12.9. The van der Waals surface area contributed by atoms with E-state index in [4.69, 9.17) is 4.74 Å². The Hall–Kier alpha value is -2.29. The van der Waals surface area contributed by atoms with Gasteiger partial charge in [0.2, 0.25) is 10.0 Å². The molecule has 1 amide bonds. The summed E-state index contributed by atoms with van der Waals surface area (Å²) in [6, 6.07) is 9.82. The summed E-state index contributed by atoms with van der Waals surface area (Å²) in [5, 5.41) is 2.66. The molecule has 1 aliphatic heterocycles. The lowest BCUT2D eigenvalue weighted by molar-refractivity contribution is 0.0730. The van der Waals surface area contributed by atoms with Crippen LogP contribution in [0.15, 0.2) is 47.5 Å². The van der Waals surface area contributed by atoms with Crippen LogP contribution in [0.25, 0.3) is 0 Å². The number of aryl methyl sites for hydroxylation is 1. The molecule has 8 heteroatoms. The molecule has 0 spiro atoms. The van der Waals surface area contributed by atoms with Crippen LogP contribution in [0.1, 0.15) is 15.9 Å². The fourth-order valence-corrected chi connectivity index (χ4v) is 4.23. The highest BCUT2D eigenvalue weighted by molar-refractivity contribution is 7.89. The van der Waals surface area contributed by atoms with Crippen LogP contribution in [0.3, 0.4) is 0 Å². The molecule has 1 saturated heterocycles. The molecule has 1 aromatic carbocycles. The number of nitrogens with zero attached hydrogens (tertiary/aromatic N) is 2. The molecule has 25 heavy (non-hydrogen) atoms. The summed E-state index contributed by atoms with van der Waals surface area (Å²) in [4.78, 5) is 16.6. The summed E-state index contributed by atoms with van der Waals surface area (Å²) < 4.78 is 32.3. The number of rotatable bonds is 4. The Kier molecular flexibility index (Phi) is 5.12. The van der Waals surface area contributed by atoms with Crippen LogP contribution in [-0.2, 0) is 14.8 Å². The van der Waals surface area contributed by atoms with Gasteiger partial charge in [0.15, 0.2) is 0 Å². The van der Waals surface area contributed by atoms with Gasteiger partial charge < -0.3 is 10.1 Å². The van der Waals surface area contributed by atoms with Crippen molar-refractivity contribution in [1.82, 2.24) is 9.29 Å². The predicted octanol–water partition coefficient (Wildman–Crippen LogP) is 1.66. The number of amides is 1. The van der Waals surface area contributed by atoms with Crippen molar-refractivity contribution in [3.63, 3.8) is 0 Å². The van der Waals surface area contributed by atoms with Gasteiger partial charge in [0.05, 0.1) is 18.1 Å². The third-order valence-electron chi connectivity index (χ3n) is 3.94. The van der Waals surface area contributed by atoms with Gasteiger partial charge >= 0.3 is 0 Å². The first-order valence-corrected chi connectivity index (χ1v) is 9.33. The molecular weight excluding hydrogens is 342 g/mol. The van der Waals surface area contributed by atoms with Gasteiger partial charge in [-0.25, -0.2) is 13.4 Å². The van der Waals surface area contributed by atoms with Crippen LogP contribution in [0.5, 0.6) is 0 Å². The maximum Gasteiger partial charge on any atom is 0.256 e. The summed E-state index contributed by atoms with van der Waals surface area (Å²) in [6.07, 6.45) is 1.57. The molecule has 1 fully saturated rings. The highest BCUT2D eigenvalue weighted by Crippen LogP contribution is 2.22. The monoisotopic (exact) mass is 361 g/mol. The zero-order valence-electron chi connectivity index (χ0n) is 13.8. The van der Waals surface area contributed by atoms with Crippen LogP contribution in [0.2, 0.25) is 0 Å². The van der Waals surface area contributed by atoms with Crippen LogP contribution < -0.4 is 5.32 Å². The first-order valence-electron chi connectivity index (χ1n) is 7.89. The van der Waals surface area contributed by atoms with Crippen molar-refractivity contribution in [3.8, 4) is 0 Å². The Morgan fingerprint density at radius 1 is 1.20 bits per heavy atom. The molecule has 0 bridgehead atoms. The van der Waals surface area contributed by atoms with E-state index in [9.17, 15) is 13.2 Å². The van der Waals surface area contributed by atoms with Gasteiger partial charge in [-0.05, 0) is 36.8 Å². The largest absolute Gasteiger partial charge is 0.379 e. The van der Waals surface area contributed by atoms with Gasteiger partial charge in [0.1, 0.15) is 5.82 Å². The number of pyridine rings is 1. The second-order valence-corrected chi connectivity index (χ2v) is 7.57. The molecule has 0 atom stereocenters. The van der Waals surface area contributed by atoms with Gasteiger partial charge in [-0.2, -0.15) is 4.31 Å². The van der Waals surface area contributed by atoms with Gasteiger partial charge in [0.25, 0.3) is 5.91 Å². The number of carbonyl (C=O) groups excluding carboxylic acids is 1. The SMILES string of the molecule is Cc1ccc(C(=O)Nc2ccccn2)cc1S(=O)(=O)N1CCOCC1. The maximum absolute atomic E-state index is 12.9. The third-order valence-corrected chi connectivity index (χ3v) is 5.99. The third kappa shape index (κ3) is 3.87. The van der Waals surface area contributed by atoms with E-state index in [1.807, 2.05) is 0 Å². The lowest BCUT2D eigenvalue weighted by Crippen LogP contribution is -2.40. The van der Waals surface area contributed by atoms with E-state index in [0.29, 0.717) is 37.7 Å². The molecule has 7 nitrogen and oxygen atoms in total. The average molecular weight is 361 g/mol. The number of nitrogens with one attached hydrogen (secondary N) is 1. The summed E-state index contributed by atoms with van der Waals surface area (Å²) in [5.41, 5.74) is 0.865. The quantitative estimate of drug-likeness (QED) is 0.895. The van der Waals surface area contributed by atoms with Crippen molar-refractivity contribution in [2.24, 2.45) is 0 Å². The number of anilines is 1. The molecule has 0 aliphatic carbocycles. The molecule has 0 radical (unpaired) electrons. The Morgan fingerprint density at radius 3 is 2.64 bits per heavy atom. The molecule has 132 valence electrons. The number of hydrogen-bond donors (Lipinski definition) is 1. The minimum atomic E-state index is -3.66. The number of carbonyl (C=O) groups is 1. The van der Waals surface area contributed by atoms with Crippen molar-refractivity contribution in [2.75, 3.05) is 31.6 Å². The van der Waals surface area contributed by atoms with Crippen LogP contribution in [-0.4, -0.2) is 49.9 Å². The lowest BCUT2D eigenvalue weighted by Gasteiger charge is -2.26. The summed E-state index contributed by atoms with van der Waals surface area (Å²) >= 11 is 0. The Bertz CT molecular complexity index is 863. The zero-order valence-corrected chi connectivity index (χ0v) is 14.6. The fourth-order valence-electron chi connectivity index (χ4n) is 2.57. The molecule has 1 aromatic heterocycles. The summed E-state index contributed by atoms with van der Waals surface area (Å²) in [6.45, 7) is 3.09. The van der Waals surface area contributed by atoms with Crippen molar-refractivity contribution in [3.05, 3.63) is 53.7 Å². The molecule has 1 aliphatic rings. The van der Waals surface area contributed by atoms with Crippen molar-refractivity contribution < 1.29 is 17.9 Å². The van der Waals surface area contributed by atoms with E-state index in [0.717, 1.165) is 0 Å². The Morgan fingerprint density at radius 2 is 1.96 bits per heavy atom. The Labute approximate surface area is 146 Å². The fraction of sp³-hybridized carbons (Fsp3) is 0.294. The summed E-state index contributed by atoms with van der Waals surface area (Å²) in [7, 11) is -3.66. The predicted molar refractivity (Wildman–Crippen MR) is 92.9 cm³/mol. The van der Waals surface area contributed by atoms with Gasteiger partial charge in [-0.15, -0.1) is 0 Å². The Balaban J connectivity index is 1.88. The lowest BCUT2D eigenvalue weighted by atomic mass is 10.1. The second kappa shape index (κ2) is 7.30. The number of aromatic nitrogens is 1. The van der Waals surface area contributed by atoms with E-state index < -0.39 is 15.9 Å². The number of ether oxygens (including phenoxy) is 1. The highest BCUT2D eigenvalue weighted by Gasteiger charge is 2.28. The molecule has 0 saturated carbocycles. The van der Waals surface area contributed by atoms with Gasteiger partial charge in [-0.3, -0.25) is 4.79 Å². The van der Waals surface area contributed by atoms with Crippen molar-refractivity contribution in [1.29, 1.82) is 0 Å². The minimum absolute atomic E-state index is 0.142. The number of benzene rings is 1. The molecule has 1 N–H and O–H groups in total. The first kappa shape index (κ1) is 17.5. The number of hydrogen-bond acceptors (Lipinski definition) is 5. The van der Waals surface area contributed by atoms with E-state index in [1.54, 1.807) is 43.5 Å². The summed E-state index contributed by atoms with van der Waals surface area (Å²) in [5.74, 6) is 0.00258. The molecule has 2 aromatic rings. The number of sulfonamides is 1. The normalized spacial score (nSPS) is 15.7. The van der Waals surface area contributed by atoms with Crippen molar-refractivity contribution >= 4 is 21.7 Å². The van der Waals surface area contributed by atoms with E-state index in [-0.39, 0.29) is 10.5 Å². The van der Waals surface area contributed by atoms with E-state index >= 15 is 0 Å². The topological polar surface area (TPSA) is 88.6 Å². The number of morpholine rings is 1. The van der Waals surface area contributed by atoms with Gasteiger partial charge in [-0.1, -0.05) is 12.1 Å². The van der Waals surface area contributed by atoms with Crippen LogP contribution >= 0.6 is 0 Å². The highest BCUT2D eigenvalue weighted by atomic mass is 32.2. The van der Waals surface area contributed by atoms with E-state index in [2.05, 4.69) is 10.3 Å². The first-order chi connectivity index (χ1) is 12.0. The van der Waals surface area contributed by atoms with E-state index in [1.165, 1.54) is 10.4 Å². The zero-order chi connectivity index (χ0) is 17.9. The standard InChI is InChI=1S/C17H19N3O4S/c1-13-5-6-14(17(21)19-16-4-2-3-7-18-16)12-15(13)25(22,23)20-8-10-24-11-9-20/h2-7,12H,8-11H2,1H3,(H,18,19,21). The molecule has 0 unspecified atom stereocenters. The molecule has 2 heterocycles. The second-order valence-electron chi connectivity index (χ2n) is 5.67. The average Bonchev–Trinajstić information content (AvgIpc) is 2.63. The van der Waals surface area contributed by atoms with Crippen LogP contribution in [0, 0.1) is 6.92 Å². The smallest absolute Gasteiger partial charge is 0.256 e. The minimum Gasteiger partial charge on any atom is -0.379 e. The van der Waals surface area contributed by atoms with Crippen LogP contribution in [0.4, 0.5) is 5.82 Å².